The highest BCUT2D eigenvalue weighted by molar-refractivity contribution is 5.95. The van der Waals surface area contributed by atoms with E-state index >= 15 is 0 Å². The van der Waals surface area contributed by atoms with E-state index in [0.29, 0.717) is 37.3 Å². The summed E-state index contributed by atoms with van der Waals surface area (Å²) in [6, 6.07) is 8.10. The molecule has 1 unspecified atom stereocenters. The predicted molar refractivity (Wildman–Crippen MR) is 125 cm³/mol. The molecule has 3 aromatic rings. The van der Waals surface area contributed by atoms with Crippen LogP contribution in [0.2, 0.25) is 0 Å². The molecule has 14 heteroatoms. The van der Waals surface area contributed by atoms with E-state index in [1.165, 1.54) is 0 Å². The largest absolute Gasteiger partial charge is 0.435 e. The third kappa shape index (κ3) is 5.93. The van der Waals surface area contributed by atoms with Crippen LogP contribution >= 0.6 is 0 Å². The zero-order chi connectivity index (χ0) is 27.8. The summed E-state index contributed by atoms with van der Waals surface area (Å²) >= 11 is 0. The third-order valence-electron chi connectivity index (χ3n) is 6.99. The van der Waals surface area contributed by atoms with Gasteiger partial charge in [-0.1, -0.05) is 18.2 Å². The number of para-hydroxylation sites is 1. The summed E-state index contributed by atoms with van der Waals surface area (Å²) in [5.41, 5.74) is -1.55. The minimum Gasteiger partial charge on any atom is -0.424 e. The van der Waals surface area contributed by atoms with Gasteiger partial charge in [-0.15, -0.1) is 10.2 Å². The first-order chi connectivity index (χ1) is 18.5. The van der Waals surface area contributed by atoms with Crippen molar-refractivity contribution < 1.29 is 36.0 Å². The average Bonchev–Trinajstić information content (AvgIpc) is 3.29. The first kappa shape index (κ1) is 26.8. The number of alkyl halides is 5. The van der Waals surface area contributed by atoms with Crippen molar-refractivity contribution >= 4 is 11.8 Å². The second-order valence-corrected chi connectivity index (χ2v) is 9.76. The minimum absolute atomic E-state index is 0.0291. The fraction of sp³-hybridized carbons (Fsp3) is 0.480. The van der Waals surface area contributed by atoms with Gasteiger partial charge in [0, 0.05) is 37.5 Å². The van der Waals surface area contributed by atoms with E-state index < -0.39 is 35.2 Å². The predicted octanol–water partition coefficient (Wildman–Crippen LogP) is 4.22. The number of aromatic nitrogens is 4. The number of rotatable bonds is 8. The molecule has 1 aromatic carbocycles. The van der Waals surface area contributed by atoms with Crippen LogP contribution in [-0.2, 0) is 11.0 Å². The molecule has 0 spiro atoms. The lowest BCUT2D eigenvalue weighted by Crippen LogP contribution is -2.38. The molecule has 5 rings (SSSR count). The monoisotopic (exact) mass is 552 g/mol. The summed E-state index contributed by atoms with van der Waals surface area (Å²) in [4.78, 5) is 25.1. The van der Waals surface area contributed by atoms with Gasteiger partial charge in [0.2, 0.25) is 17.7 Å². The highest BCUT2D eigenvalue weighted by Gasteiger charge is 2.61. The molecule has 1 atom stereocenters. The lowest BCUT2D eigenvalue weighted by atomic mass is 9.81. The summed E-state index contributed by atoms with van der Waals surface area (Å²) in [6.07, 6.45) is -1.91. The molecule has 2 heterocycles. The van der Waals surface area contributed by atoms with Crippen LogP contribution < -0.4 is 10.6 Å². The maximum Gasteiger partial charge on any atom is 0.435 e. The normalized spacial score (nSPS) is 22.3. The van der Waals surface area contributed by atoms with Gasteiger partial charge in [-0.2, -0.15) is 18.3 Å². The smallest absolute Gasteiger partial charge is 0.424 e. The number of nitrogens with one attached hydrogen (secondary N) is 2. The second-order valence-electron chi connectivity index (χ2n) is 9.76. The molecule has 2 saturated carbocycles. The first-order valence-corrected chi connectivity index (χ1v) is 12.5. The molecule has 2 N–H and O–H groups in total. The molecule has 0 aliphatic heterocycles. The summed E-state index contributed by atoms with van der Waals surface area (Å²) in [6.45, 7) is -0.0500. The lowest BCUT2D eigenvalue weighted by molar-refractivity contribution is -0.141. The number of halogens is 5. The van der Waals surface area contributed by atoms with E-state index in [0.717, 1.165) is 10.9 Å². The number of nitrogens with zero attached hydrogens (tertiary/aromatic N) is 4. The topological polar surface area (TPSA) is 115 Å². The van der Waals surface area contributed by atoms with Gasteiger partial charge in [-0.05, 0) is 37.8 Å². The van der Waals surface area contributed by atoms with Crippen molar-refractivity contribution in [2.24, 2.45) is 5.92 Å². The van der Waals surface area contributed by atoms with E-state index in [1.54, 1.807) is 30.3 Å². The Morgan fingerprint density at radius 1 is 1.00 bits per heavy atom. The lowest BCUT2D eigenvalue weighted by Gasteiger charge is -2.25. The van der Waals surface area contributed by atoms with Crippen molar-refractivity contribution in [3.63, 3.8) is 0 Å². The van der Waals surface area contributed by atoms with Crippen LogP contribution in [0, 0.1) is 5.92 Å². The Balaban J connectivity index is 1.08. The molecule has 2 aliphatic rings. The van der Waals surface area contributed by atoms with E-state index in [4.69, 9.17) is 4.42 Å². The summed E-state index contributed by atoms with van der Waals surface area (Å²) in [7, 11) is 0. The fourth-order valence-corrected chi connectivity index (χ4v) is 4.70. The van der Waals surface area contributed by atoms with E-state index in [9.17, 15) is 31.5 Å². The number of carbonyl (C=O) groups is 2. The molecule has 0 bridgehead atoms. The van der Waals surface area contributed by atoms with Crippen molar-refractivity contribution in [3.8, 4) is 5.69 Å². The summed E-state index contributed by atoms with van der Waals surface area (Å²) in [5.74, 6) is -5.14. The van der Waals surface area contributed by atoms with Crippen LogP contribution in [0.25, 0.3) is 5.69 Å². The third-order valence-corrected chi connectivity index (χ3v) is 6.99. The van der Waals surface area contributed by atoms with Gasteiger partial charge in [0.1, 0.15) is 5.92 Å². The molecule has 0 radical (unpaired) electrons. The van der Waals surface area contributed by atoms with Crippen LogP contribution in [-0.4, -0.2) is 50.8 Å². The van der Waals surface area contributed by atoms with Crippen LogP contribution in [0.15, 0.2) is 40.9 Å². The van der Waals surface area contributed by atoms with Crippen molar-refractivity contribution in [1.82, 2.24) is 30.6 Å². The number of amides is 2. The van der Waals surface area contributed by atoms with Gasteiger partial charge in [0.25, 0.3) is 11.8 Å². The van der Waals surface area contributed by atoms with Crippen molar-refractivity contribution in [2.75, 3.05) is 13.1 Å². The second kappa shape index (κ2) is 10.4. The number of hydrogen-bond donors (Lipinski definition) is 2. The Bertz CT molecular complexity index is 1330. The van der Waals surface area contributed by atoms with Crippen molar-refractivity contribution in [3.05, 3.63) is 59.6 Å². The van der Waals surface area contributed by atoms with Crippen LogP contribution in [0.4, 0.5) is 22.0 Å². The molecule has 208 valence electrons. The number of benzene rings is 1. The maximum absolute atomic E-state index is 13.5. The molecule has 2 fully saturated rings. The Morgan fingerprint density at radius 3 is 2.28 bits per heavy atom. The van der Waals surface area contributed by atoms with Gasteiger partial charge in [0.05, 0.1) is 11.3 Å². The van der Waals surface area contributed by atoms with Gasteiger partial charge in [-0.25, -0.2) is 13.5 Å². The minimum atomic E-state index is -4.83. The fourth-order valence-electron chi connectivity index (χ4n) is 4.70. The van der Waals surface area contributed by atoms with Crippen LogP contribution in [0.3, 0.4) is 0 Å². The molecule has 2 amide bonds. The average molecular weight is 553 g/mol. The van der Waals surface area contributed by atoms with Crippen LogP contribution in [0.5, 0.6) is 0 Å². The molecular formula is C25H25F5N6O3. The van der Waals surface area contributed by atoms with Gasteiger partial charge in [0.15, 0.2) is 5.69 Å². The highest BCUT2D eigenvalue weighted by atomic mass is 19.4. The Hall–Kier alpha value is -3.84. The maximum atomic E-state index is 13.5. The summed E-state index contributed by atoms with van der Waals surface area (Å²) in [5, 5.41) is 16.3. The molecular weight excluding hydrogens is 527 g/mol. The quantitative estimate of drug-likeness (QED) is 0.320. The standard InChI is InChI=1S/C25H25F5N6O3/c26-24(27)12-18(24)23-34-33-22(39-23)15-8-6-14(7-9-15)20(37)31-10-11-32-21(38)17-13-36(16-4-2-1-3-5-16)35-19(17)25(28,29)30/h1-5,13-15,18H,6-12H2,(H,31,37)(H,32,38). The van der Waals surface area contributed by atoms with E-state index in [1.807, 2.05) is 0 Å². The Morgan fingerprint density at radius 2 is 1.64 bits per heavy atom. The van der Waals surface area contributed by atoms with Gasteiger partial charge < -0.3 is 15.1 Å². The van der Waals surface area contributed by atoms with E-state index in [2.05, 4.69) is 25.9 Å². The molecule has 2 aliphatic carbocycles. The SMILES string of the molecule is O=C(NCCNC(=O)C1CCC(c2nnc(C3CC3(F)F)o2)CC1)c1cn(-c2ccccc2)nc1C(F)(F)F. The zero-order valence-corrected chi connectivity index (χ0v) is 20.5. The van der Waals surface area contributed by atoms with E-state index in [-0.39, 0.29) is 43.1 Å². The van der Waals surface area contributed by atoms with Crippen LogP contribution in [0.1, 0.15) is 71.8 Å². The number of hydrogen-bond acceptors (Lipinski definition) is 6. The van der Waals surface area contributed by atoms with Gasteiger partial charge in [-0.3, -0.25) is 9.59 Å². The molecule has 2 aromatic heterocycles. The van der Waals surface area contributed by atoms with Crippen molar-refractivity contribution in [1.29, 1.82) is 0 Å². The van der Waals surface area contributed by atoms with Gasteiger partial charge >= 0.3 is 6.18 Å². The Labute approximate surface area is 219 Å². The van der Waals surface area contributed by atoms with Crippen molar-refractivity contribution in [2.45, 2.75) is 56.0 Å². The summed E-state index contributed by atoms with van der Waals surface area (Å²) < 4.78 is 73.3. The first-order valence-electron chi connectivity index (χ1n) is 12.5. The molecule has 0 saturated heterocycles. The molecule has 39 heavy (non-hydrogen) atoms. The highest BCUT2D eigenvalue weighted by Crippen LogP contribution is 2.55. The zero-order valence-electron chi connectivity index (χ0n) is 20.5. The number of carbonyl (C=O) groups excluding carboxylic acids is 2. The Kier molecular flexibility index (Phi) is 7.12. The molecule has 9 nitrogen and oxygen atoms in total.